The van der Waals surface area contributed by atoms with E-state index >= 15 is 0 Å². The molecule has 0 bridgehead atoms. The molecule has 0 aromatic carbocycles. The lowest BCUT2D eigenvalue weighted by molar-refractivity contribution is 0.302. The number of hydrogen-bond donors (Lipinski definition) is 0. The zero-order chi connectivity index (χ0) is 11.4. The second-order valence-corrected chi connectivity index (χ2v) is 3.35. The number of rotatable bonds is 5. The average molecular weight is 205 g/mol. The maximum atomic E-state index is 3.17. The van der Waals surface area contributed by atoms with E-state index in [1.54, 1.807) is 0 Å². The molecule has 0 aromatic rings. The molecule has 0 atom stereocenters. The minimum Gasteiger partial charge on any atom is -0.302 e. The molecule has 15 heavy (non-hydrogen) atoms. The van der Waals surface area contributed by atoms with E-state index in [0.29, 0.717) is 0 Å². The Kier molecular flexibility index (Phi) is 10.5. The van der Waals surface area contributed by atoms with Gasteiger partial charge in [0.2, 0.25) is 0 Å². The number of hydrogen-bond acceptors (Lipinski definition) is 1. The predicted octanol–water partition coefficient (Wildman–Crippen LogP) is 2.92. The Morgan fingerprint density at radius 2 is 1.20 bits per heavy atom. The van der Waals surface area contributed by atoms with E-state index in [9.17, 15) is 0 Å². The van der Waals surface area contributed by atoms with Gasteiger partial charge in [0.1, 0.15) is 0 Å². The van der Waals surface area contributed by atoms with Crippen LogP contribution < -0.4 is 0 Å². The highest BCUT2D eigenvalue weighted by Crippen LogP contribution is 1.93. The van der Waals surface area contributed by atoms with Crippen molar-refractivity contribution in [1.82, 2.24) is 4.90 Å². The molecular weight excluding hydrogens is 182 g/mol. The Morgan fingerprint density at radius 1 is 0.733 bits per heavy atom. The summed E-state index contributed by atoms with van der Waals surface area (Å²) in [6, 6.07) is 0. The van der Waals surface area contributed by atoms with Gasteiger partial charge < -0.3 is 4.90 Å². The maximum Gasteiger partial charge on any atom is 0.0217 e. The predicted molar refractivity (Wildman–Crippen MR) is 67.5 cm³/mol. The quantitative estimate of drug-likeness (QED) is 0.624. The van der Waals surface area contributed by atoms with E-state index in [0.717, 1.165) is 45.3 Å². The van der Waals surface area contributed by atoms with Gasteiger partial charge in [0.15, 0.2) is 0 Å². The smallest absolute Gasteiger partial charge is 0.0217 e. The van der Waals surface area contributed by atoms with Gasteiger partial charge in [-0.15, -0.1) is 23.7 Å². The first-order valence-electron chi connectivity index (χ1n) is 5.98. The zero-order valence-corrected chi connectivity index (χ0v) is 10.4. The fourth-order valence-corrected chi connectivity index (χ4v) is 1.28. The summed E-state index contributed by atoms with van der Waals surface area (Å²) < 4.78 is 0. The molecule has 0 saturated heterocycles. The first kappa shape index (κ1) is 14.1. The molecule has 0 aliphatic carbocycles. The Bertz CT molecular complexity index is 220. The van der Waals surface area contributed by atoms with E-state index in [1.165, 1.54) is 0 Å². The summed E-state index contributed by atoms with van der Waals surface area (Å²) in [6.45, 7) is 9.63. The topological polar surface area (TPSA) is 3.24 Å². The molecule has 0 unspecified atom stereocenters. The van der Waals surface area contributed by atoms with Crippen molar-refractivity contribution in [2.24, 2.45) is 0 Å². The van der Waals surface area contributed by atoms with E-state index in [2.05, 4.69) is 49.4 Å². The van der Waals surface area contributed by atoms with Gasteiger partial charge >= 0.3 is 0 Å². The van der Waals surface area contributed by atoms with Crippen molar-refractivity contribution in [2.75, 3.05) is 19.6 Å². The summed E-state index contributed by atoms with van der Waals surface area (Å²) in [5.41, 5.74) is 0. The average Bonchev–Trinajstić information content (AvgIpc) is 2.27. The summed E-state index contributed by atoms with van der Waals surface area (Å²) >= 11 is 0. The number of nitrogens with zero attached hydrogens (tertiary/aromatic N) is 1. The van der Waals surface area contributed by atoms with Crippen LogP contribution in [-0.2, 0) is 0 Å². The standard InChI is InChI=1S/C14H23N/c1-4-7-9-11-13-15(6-3)14-12-10-8-5-2/h4-6,11-14H2,1-3H3. The van der Waals surface area contributed by atoms with Gasteiger partial charge in [-0.1, -0.05) is 20.8 Å². The maximum absolute atomic E-state index is 3.17. The zero-order valence-electron chi connectivity index (χ0n) is 10.4. The molecule has 0 aliphatic heterocycles. The van der Waals surface area contributed by atoms with Crippen molar-refractivity contribution in [2.45, 2.75) is 46.5 Å². The van der Waals surface area contributed by atoms with Crippen LogP contribution in [-0.4, -0.2) is 24.5 Å². The lowest BCUT2D eigenvalue weighted by Gasteiger charge is -2.17. The minimum atomic E-state index is 0.966. The van der Waals surface area contributed by atoms with Gasteiger partial charge in [-0.05, 0) is 6.54 Å². The molecule has 1 nitrogen and oxygen atoms in total. The fraction of sp³-hybridized carbons (Fsp3) is 0.714. The third-order valence-electron chi connectivity index (χ3n) is 2.16. The summed E-state index contributed by atoms with van der Waals surface area (Å²) in [5.74, 6) is 12.5. The molecular formula is C14H23N. The van der Waals surface area contributed by atoms with E-state index < -0.39 is 0 Å². The highest BCUT2D eigenvalue weighted by molar-refractivity contribution is 4.99. The van der Waals surface area contributed by atoms with Gasteiger partial charge in [0.25, 0.3) is 0 Å². The van der Waals surface area contributed by atoms with Gasteiger partial charge in [0.05, 0.1) is 0 Å². The summed E-state index contributed by atoms with van der Waals surface area (Å²) in [5, 5.41) is 0. The largest absolute Gasteiger partial charge is 0.302 e. The second-order valence-electron chi connectivity index (χ2n) is 3.35. The highest BCUT2D eigenvalue weighted by Gasteiger charge is 1.98. The Hall–Kier alpha value is -0.920. The lowest BCUT2D eigenvalue weighted by Crippen LogP contribution is -2.25. The van der Waals surface area contributed by atoms with Crippen LogP contribution in [0.25, 0.3) is 0 Å². The molecule has 1 heteroatoms. The van der Waals surface area contributed by atoms with Crippen LogP contribution in [0, 0.1) is 23.7 Å². The van der Waals surface area contributed by atoms with Crippen LogP contribution >= 0.6 is 0 Å². The lowest BCUT2D eigenvalue weighted by atomic mass is 10.3. The molecule has 0 fully saturated rings. The molecule has 0 saturated carbocycles. The van der Waals surface area contributed by atoms with Crippen LogP contribution in [0.4, 0.5) is 0 Å². The summed E-state index contributed by atoms with van der Waals surface area (Å²) in [6.07, 6.45) is 3.91. The Labute approximate surface area is 95.2 Å². The van der Waals surface area contributed by atoms with Gasteiger partial charge in [-0.25, -0.2) is 0 Å². The van der Waals surface area contributed by atoms with Crippen molar-refractivity contribution in [3.8, 4) is 23.7 Å². The minimum absolute atomic E-state index is 0.966. The molecule has 0 aromatic heterocycles. The molecule has 0 N–H and O–H groups in total. The van der Waals surface area contributed by atoms with Crippen LogP contribution in [0.3, 0.4) is 0 Å². The van der Waals surface area contributed by atoms with Crippen molar-refractivity contribution >= 4 is 0 Å². The van der Waals surface area contributed by atoms with Crippen LogP contribution in [0.5, 0.6) is 0 Å². The molecule has 0 amide bonds. The van der Waals surface area contributed by atoms with Gasteiger partial charge in [0, 0.05) is 38.8 Å². The first-order valence-corrected chi connectivity index (χ1v) is 5.98. The molecule has 84 valence electrons. The van der Waals surface area contributed by atoms with Gasteiger partial charge in [-0.3, -0.25) is 0 Å². The third-order valence-corrected chi connectivity index (χ3v) is 2.16. The van der Waals surface area contributed by atoms with E-state index in [-0.39, 0.29) is 0 Å². The summed E-state index contributed by atoms with van der Waals surface area (Å²) in [4.78, 5) is 2.41. The van der Waals surface area contributed by atoms with E-state index in [4.69, 9.17) is 0 Å². The molecule has 0 rings (SSSR count). The molecule has 0 radical (unpaired) electrons. The van der Waals surface area contributed by atoms with Crippen molar-refractivity contribution < 1.29 is 0 Å². The second kappa shape index (κ2) is 11.2. The molecule has 0 heterocycles. The van der Waals surface area contributed by atoms with E-state index in [1.807, 2.05) is 0 Å². The molecule has 0 spiro atoms. The van der Waals surface area contributed by atoms with Crippen LogP contribution in [0.1, 0.15) is 46.5 Å². The van der Waals surface area contributed by atoms with Crippen molar-refractivity contribution in [1.29, 1.82) is 0 Å². The van der Waals surface area contributed by atoms with Crippen molar-refractivity contribution in [3.05, 3.63) is 0 Å². The third kappa shape index (κ3) is 9.39. The Morgan fingerprint density at radius 3 is 1.53 bits per heavy atom. The van der Waals surface area contributed by atoms with Crippen LogP contribution in [0.2, 0.25) is 0 Å². The monoisotopic (exact) mass is 205 g/mol. The first-order chi connectivity index (χ1) is 7.35. The Balaban J connectivity index is 3.63. The normalized spacial score (nSPS) is 9.07. The SMILES string of the molecule is CCC#CCCN(CC)CCC#CCC. The molecule has 0 aliphatic rings. The van der Waals surface area contributed by atoms with Crippen LogP contribution in [0.15, 0.2) is 0 Å². The van der Waals surface area contributed by atoms with Crippen molar-refractivity contribution in [3.63, 3.8) is 0 Å². The van der Waals surface area contributed by atoms with Gasteiger partial charge in [-0.2, -0.15) is 0 Å². The highest BCUT2D eigenvalue weighted by atomic mass is 15.1. The fourth-order valence-electron chi connectivity index (χ4n) is 1.28. The summed E-state index contributed by atoms with van der Waals surface area (Å²) in [7, 11) is 0.